The number of methoxy groups -OCH3 is 1. The number of hydrogen-bond donors (Lipinski definition) is 1. The zero-order valence-corrected chi connectivity index (χ0v) is 11.2. The second-order valence-electron chi connectivity index (χ2n) is 5.05. The van der Waals surface area contributed by atoms with Gasteiger partial charge in [-0.15, -0.1) is 0 Å². The summed E-state index contributed by atoms with van der Waals surface area (Å²) in [4.78, 5) is 0. The van der Waals surface area contributed by atoms with Gasteiger partial charge in [-0.3, -0.25) is 0 Å². The fraction of sp³-hybridized carbons (Fsp3) is 0.600. The summed E-state index contributed by atoms with van der Waals surface area (Å²) in [6, 6.07) is 5.61. The standard InChI is InChI=1S/C15H22O3/c1-11(16)13-7-8-14(15(9-13)17-2)18-10-12-5-3-4-6-12/h7-9,11-12,16H,3-6,10H2,1-2H3/t11-/m1/s1. The zero-order valence-electron chi connectivity index (χ0n) is 11.2. The van der Waals surface area contributed by atoms with E-state index in [1.165, 1.54) is 25.7 Å². The van der Waals surface area contributed by atoms with Crippen LogP contribution in [-0.4, -0.2) is 18.8 Å². The van der Waals surface area contributed by atoms with Crippen molar-refractivity contribution in [1.29, 1.82) is 0 Å². The highest BCUT2D eigenvalue weighted by atomic mass is 16.5. The summed E-state index contributed by atoms with van der Waals surface area (Å²) in [6.07, 6.45) is 4.71. The molecule has 0 radical (unpaired) electrons. The lowest BCUT2D eigenvalue weighted by Crippen LogP contribution is -2.09. The molecule has 0 saturated heterocycles. The van der Waals surface area contributed by atoms with Gasteiger partial charge in [-0.25, -0.2) is 0 Å². The lowest BCUT2D eigenvalue weighted by atomic mass is 10.1. The van der Waals surface area contributed by atoms with E-state index in [0.29, 0.717) is 11.7 Å². The summed E-state index contributed by atoms with van der Waals surface area (Å²) in [5.74, 6) is 2.16. The van der Waals surface area contributed by atoms with Crippen molar-refractivity contribution in [2.45, 2.75) is 38.7 Å². The third kappa shape index (κ3) is 3.16. The Kier molecular flexibility index (Phi) is 4.48. The van der Waals surface area contributed by atoms with Crippen molar-refractivity contribution in [3.63, 3.8) is 0 Å². The minimum absolute atomic E-state index is 0.484. The van der Waals surface area contributed by atoms with Gasteiger partial charge < -0.3 is 14.6 Å². The van der Waals surface area contributed by atoms with Crippen molar-refractivity contribution in [3.8, 4) is 11.5 Å². The van der Waals surface area contributed by atoms with Crippen molar-refractivity contribution in [2.75, 3.05) is 13.7 Å². The van der Waals surface area contributed by atoms with Crippen molar-refractivity contribution in [3.05, 3.63) is 23.8 Å². The van der Waals surface area contributed by atoms with Gasteiger partial charge in [0.05, 0.1) is 19.8 Å². The minimum atomic E-state index is -0.484. The van der Waals surface area contributed by atoms with Crippen molar-refractivity contribution in [1.82, 2.24) is 0 Å². The maximum absolute atomic E-state index is 9.54. The molecule has 3 nitrogen and oxygen atoms in total. The van der Waals surface area contributed by atoms with Gasteiger partial charge in [-0.2, -0.15) is 0 Å². The summed E-state index contributed by atoms with van der Waals surface area (Å²) in [5.41, 5.74) is 0.847. The van der Waals surface area contributed by atoms with Crippen LogP contribution in [0.25, 0.3) is 0 Å². The minimum Gasteiger partial charge on any atom is -0.493 e. The van der Waals surface area contributed by atoms with Gasteiger partial charge in [0.2, 0.25) is 0 Å². The molecule has 0 aromatic heterocycles. The van der Waals surface area contributed by atoms with Crippen LogP contribution >= 0.6 is 0 Å². The van der Waals surface area contributed by atoms with Crippen LogP contribution in [0.2, 0.25) is 0 Å². The molecular weight excluding hydrogens is 228 g/mol. The van der Waals surface area contributed by atoms with Gasteiger partial charge in [0.1, 0.15) is 0 Å². The van der Waals surface area contributed by atoms with E-state index in [1.54, 1.807) is 14.0 Å². The Morgan fingerprint density at radius 3 is 2.61 bits per heavy atom. The molecule has 18 heavy (non-hydrogen) atoms. The molecule has 1 N–H and O–H groups in total. The predicted molar refractivity (Wildman–Crippen MR) is 71.1 cm³/mol. The van der Waals surface area contributed by atoms with Gasteiger partial charge in [0.15, 0.2) is 11.5 Å². The first-order valence-electron chi connectivity index (χ1n) is 6.69. The summed E-state index contributed by atoms with van der Waals surface area (Å²) in [6.45, 7) is 2.51. The van der Waals surface area contributed by atoms with E-state index in [4.69, 9.17) is 9.47 Å². The second kappa shape index (κ2) is 6.10. The quantitative estimate of drug-likeness (QED) is 0.871. The van der Waals surface area contributed by atoms with Crippen molar-refractivity contribution in [2.24, 2.45) is 5.92 Å². The Morgan fingerprint density at radius 2 is 2.00 bits per heavy atom. The van der Waals surface area contributed by atoms with Crippen LogP contribution in [0.15, 0.2) is 18.2 Å². The molecular formula is C15H22O3. The molecule has 0 spiro atoms. The number of benzene rings is 1. The smallest absolute Gasteiger partial charge is 0.161 e. The Labute approximate surface area is 109 Å². The number of hydrogen-bond acceptors (Lipinski definition) is 3. The molecule has 1 aromatic rings. The molecule has 0 aliphatic heterocycles. The van der Waals surface area contributed by atoms with Gasteiger partial charge in [-0.05, 0) is 43.4 Å². The number of aliphatic hydroxyl groups excluding tert-OH is 1. The molecule has 0 bridgehead atoms. The summed E-state index contributed by atoms with van der Waals surface area (Å²) in [5, 5.41) is 9.54. The first-order chi connectivity index (χ1) is 8.70. The van der Waals surface area contributed by atoms with Crippen LogP contribution in [0.5, 0.6) is 11.5 Å². The van der Waals surface area contributed by atoms with Crippen LogP contribution in [0.4, 0.5) is 0 Å². The van der Waals surface area contributed by atoms with Gasteiger partial charge >= 0.3 is 0 Å². The Morgan fingerprint density at radius 1 is 1.28 bits per heavy atom. The Balaban J connectivity index is 2.02. The predicted octanol–water partition coefficient (Wildman–Crippen LogP) is 3.32. The lowest BCUT2D eigenvalue weighted by molar-refractivity contribution is 0.198. The second-order valence-corrected chi connectivity index (χ2v) is 5.05. The van der Waals surface area contributed by atoms with E-state index in [9.17, 15) is 5.11 Å². The van der Waals surface area contributed by atoms with Gasteiger partial charge in [0, 0.05) is 0 Å². The first kappa shape index (κ1) is 13.2. The third-order valence-electron chi connectivity index (χ3n) is 3.62. The molecule has 0 unspecified atom stereocenters. The van der Waals surface area contributed by atoms with Crippen LogP contribution < -0.4 is 9.47 Å². The van der Waals surface area contributed by atoms with Crippen LogP contribution in [0.1, 0.15) is 44.3 Å². The fourth-order valence-corrected chi connectivity index (χ4v) is 2.45. The van der Waals surface area contributed by atoms with Crippen molar-refractivity contribution >= 4 is 0 Å². The van der Waals surface area contributed by atoms with Crippen molar-refractivity contribution < 1.29 is 14.6 Å². The van der Waals surface area contributed by atoms with E-state index >= 15 is 0 Å². The molecule has 0 heterocycles. The fourth-order valence-electron chi connectivity index (χ4n) is 2.45. The van der Waals surface area contributed by atoms with E-state index in [2.05, 4.69) is 0 Å². The van der Waals surface area contributed by atoms with Crippen LogP contribution in [0.3, 0.4) is 0 Å². The summed E-state index contributed by atoms with van der Waals surface area (Å²) < 4.78 is 11.2. The van der Waals surface area contributed by atoms with E-state index in [1.807, 2.05) is 18.2 Å². The third-order valence-corrected chi connectivity index (χ3v) is 3.62. The average Bonchev–Trinajstić information content (AvgIpc) is 2.89. The van der Waals surface area contributed by atoms with Gasteiger partial charge in [-0.1, -0.05) is 18.9 Å². The van der Waals surface area contributed by atoms with E-state index < -0.39 is 6.10 Å². The number of rotatable bonds is 5. The monoisotopic (exact) mass is 250 g/mol. The Hall–Kier alpha value is -1.22. The molecule has 1 aliphatic carbocycles. The average molecular weight is 250 g/mol. The first-order valence-corrected chi connectivity index (χ1v) is 6.69. The van der Waals surface area contributed by atoms with Crippen LogP contribution in [-0.2, 0) is 0 Å². The molecule has 3 heteroatoms. The molecule has 1 aromatic carbocycles. The number of ether oxygens (including phenoxy) is 2. The van der Waals surface area contributed by atoms with E-state index in [-0.39, 0.29) is 0 Å². The number of aliphatic hydroxyl groups is 1. The molecule has 0 amide bonds. The lowest BCUT2D eigenvalue weighted by Gasteiger charge is -2.15. The SMILES string of the molecule is COc1cc([C@@H](C)O)ccc1OCC1CCCC1. The molecule has 1 saturated carbocycles. The highest BCUT2D eigenvalue weighted by Gasteiger charge is 2.16. The molecule has 1 fully saturated rings. The highest BCUT2D eigenvalue weighted by molar-refractivity contribution is 5.43. The molecule has 100 valence electrons. The maximum atomic E-state index is 9.54. The Bertz CT molecular complexity index is 381. The topological polar surface area (TPSA) is 38.7 Å². The molecule has 1 aliphatic rings. The highest BCUT2D eigenvalue weighted by Crippen LogP contribution is 2.32. The van der Waals surface area contributed by atoms with E-state index in [0.717, 1.165) is 17.9 Å². The van der Waals surface area contributed by atoms with Gasteiger partial charge in [0.25, 0.3) is 0 Å². The maximum Gasteiger partial charge on any atom is 0.161 e. The van der Waals surface area contributed by atoms with Crippen LogP contribution in [0, 0.1) is 5.92 Å². The normalized spacial score (nSPS) is 17.7. The molecule has 1 atom stereocenters. The largest absolute Gasteiger partial charge is 0.493 e. The molecule has 2 rings (SSSR count). The summed E-state index contributed by atoms with van der Waals surface area (Å²) >= 11 is 0. The summed E-state index contributed by atoms with van der Waals surface area (Å²) in [7, 11) is 1.63. The zero-order chi connectivity index (χ0) is 13.0.